The van der Waals surface area contributed by atoms with E-state index in [-0.39, 0.29) is 11.7 Å². The van der Waals surface area contributed by atoms with Crippen molar-refractivity contribution in [3.8, 4) is 0 Å². The Balaban J connectivity index is 3.08. The fourth-order valence-corrected chi connectivity index (χ4v) is 1.42. The highest BCUT2D eigenvalue weighted by Gasteiger charge is 2.09. The van der Waals surface area contributed by atoms with Crippen LogP contribution in [0, 0.1) is 5.82 Å². The lowest BCUT2D eigenvalue weighted by molar-refractivity contribution is -0.117. The normalized spacial score (nSPS) is 11.7. The Morgan fingerprint density at radius 3 is 2.56 bits per heavy atom. The van der Waals surface area contributed by atoms with Crippen LogP contribution < -0.4 is 5.32 Å². The lowest BCUT2D eigenvalue weighted by Crippen LogP contribution is -2.21. The maximum atomic E-state index is 13.2. The molecule has 1 amide bonds. The monoisotopic (exact) mass is 253 g/mol. The Morgan fingerprint density at radius 1 is 1.39 bits per heavy atom. The highest BCUT2D eigenvalue weighted by molar-refractivity contribution is 5.85. The minimum Gasteiger partial charge on any atom is -0.352 e. The molecule has 98 valence electrons. The molecule has 0 fully saturated rings. The van der Waals surface area contributed by atoms with Crippen molar-refractivity contribution < 1.29 is 18.7 Å². The van der Waals surface area contributed by atoms with Gasteiger partial charge in [-0.3, -0.25) is 4.79 Å². The molecule has 0 radical (unpaired) electrons. The van der Waals surface area contributed by atoms with Crippen molar-refractivity contribution in [1.82, 2.24) is 5.32 Å². The minimum atomic E-state index is -0.616. The molecule has 5 heteroatoms. The van der Waals surface area contributed by atoms with E-state index in [4.69, 9.17) is 9.47 Å². The highest BCUT2D eigenvalue weighted by atomic mass is 19.1. The van der Waals surface area contributed by atoms with Crippen LogP contribution in [-0.2, 0) is 14.3 Å². The molecule has 1 N–H and O–H groups in total. The first-order chi connectivity index (χ1) is 8.56. The van der Waals surface area contributed by atoms with Gasteiger partial charge in [-0.05, 0) is 18.2 Å². The van der Waals surface area contributed by atoms with Gasteiger partial charge in [-0.25, -0.2) is 4.39 Å². The minimum absolute atomic E-state index is 0.253. The summed E-state index contributed by atoms with van der Waals surface area (Å²) < 4.78 is 23.2. The number of hydrogen-bond donors (Lipinski definition) is 1. The van der Waals surface area contributed by atoms with E-state index in [0.717, 1.165) is 0 Å². The fraction of sp³-hybridized carbons (Fsp3) is 0.308. The van der Waals surface area contributed by atoms with Gasteiger partial charge < -0.3 is 14.8 Å². The van der Waals surface area contributed by atoms with Gasteiger partial charge in [0.25, 0.3) is 0 Å². The summed E-state index contributed by atoms with van der Waals surface area (Å²) in [7, 11) is 2.95. The van der Waals surface area contributed by atoms with Crippen LogP contribution in [0.2, 0.25) is 0 Å². The number of carbonyl (C=O) groups is 1. The zero-order chi connectivity index (χ0) is 13.5. The molecular weight excluding hydrogens is 237 g/mol. The van der Waals surface area contributed by atoms with Gasteiger partial charge in [-0.2, -0.15) is 0 Å². The van der Waals surface area contributed by atoms with Crippen LogP contribution in [0.3, 0.4) is 0 Å². The van der Waals surface area contributed by atoms with Crippen LogP contribution >= 0.6 is 0 Å². The van der Waals surface area contributed by atoms with Crippen molar-refractivity contribution in [2.24, 2.45) is 0 Å². The van der Waals surface area contributed by atoms with Gasteiger partial charge >= 0.3 is 0 Å². The molecule has 18 heavy (non-hydrogen) atoms. The SMILES string of the molecule is COC(/C=C(/NC(C)=O)c1cccc(F)c1)OC. The van der Waals surface area contributed by atoms with Crippen molar-refractivity contribution in [1.29, 1.82) is 0 Å². The van der Waals surface area contributed by atoms with Gasteiger partial charge in [0.1, 0.15) is 5.82 Å². The second-order valence-electron chi connectivity index (χ2n) is 3.61. The molecule has 0 aliphatic rings. The van der Waals surface area contributed by atoms with E-state index in [2.05, 4.69) is 5.32 Å². The Labute approximate surface area is 105 Å². The summed E-state index contributed by atoms with van der Waals surface area (Å²) >= 11 is 0. The standard InChI is InChI=1S/C13H16FNO3/c1-9(16)15-12(8-13(17-2)18-3)10-5-4-6-11(14)7-10/h4-8,13H,1-3H3,(H,15,16)/b12-8+. The van der Waals surface area contributed by atoms with Crippen LogP contribution in [0.15, 0.2) is 30.3 Å². The van der Waals surface area contributed by atoms with E-state index < -0.39 is 6.29 Å². The highest BCUT2D eigenvalue weighted by Crippen LogP contribution is 2.14. The van der Waals surface area contributed by atoms with Gasteiger partial charge in [-0.15, -0.1) is 0 Å². The average Bonchev–Trinajstić information content (AvgIpc) is 2.34. The molecule has 0 heterocycles. The number of halogens is 1. The average molecular weight is 253 g/mol. The molecule has 0 aliphatic heterocycles. The van der Waals surface area contributed by atoms with E-state index in [1.165, 1.54) is 33.3 Å². The molecule has 0 atom stereocenters. The Bertz CT molecular complexity index is 442. The summed E-state index contributed by atoms with van der Waals surface area (Å²) in [5.41, 5.74) is 0.986. The zero-order valence-electron chi connectivity index (χ0n) is 10.6. The summed E-state index contributed by atoms with van der Waals surface area (Å²) in [5.74, 6) is -0.633. The number of benzene rings is 1. The summed E-state index contributed by atoms with van der Waals surface area (Å²) in [4.78, 5) is 11.1. The Hall–Kier alpha value is -1.72. The third kappa shape index (κ3) is 4.27. The van der Waals surface area contributed by atoms with Gasteiger partial charge in [-0.1, -0.05) is 12.1 Å². The van der Waals surface area contributed by atoms with Crippen LogP contribution in [0.25, 0.3) is 5.70 Å². The van der Waals surface area contributed by atoms with Gasteiger partial charge in [0.15, 0.2) is 6.29 Å². The molecule has 0 unspecified atom stereocenters. The topological polar surface area (TPSA) is 47.6 Å². The zero-order valence-corrected chi connectivity index (χ0v) is 10.6. The quantitative estimate of drug-likeness (QED) is 0.815. The smallest absolute Gasteiger partial charge is 0.221 e. The summed E-state index contributed by atoms with van der Waals surface area (Å²) in [5, 5.41) is 2.62. The number of methoxy groups -OCH3 is 2. The summed E-state index contributed by atoms with van der Waals surface area (Å²) in [6.45, 7) is 1.38. The fourth-order valence-electron chi connectivity index (χ4n) is 1.42. The Kier molecular flexibility index (Phi) is 5.48. The number of nitrogens with one attached hydrogen (secondary N) is 1. The summed E-state index contributed by atoms with van der Waals surface area (Å²) in [6.07, 6.45) is 0.950. The molecule has 0 spiro atoms. The lowest BCUT2D eigenvalue weighted by Gasteiger charge is -2.13. The van der Waals surface area contributed by atoms with Crippen molar-refractivity contribution in [2.45, 2.75) is 13.2 Å². The van der Waals surface area contributed by atoms with Crippen LogP contribution in [-0.4, -0.2) is 26.4 Å². The molecule has 0 aromatic heterocycles. The first kappa shape index (κ1) is 14.3. The van der Waals surface area contributed by atoms with E-state index in [0.29, 0.717) is 11.3 Å². The second-order valence-corrected chi connectivity index (χ2v) is 3.61. The van der Waals surface area contributed by atoms with Crippen molar-refractivity contribution in [2.75, 3.05) is 14.2 Å². The lowest BCUT2D eigenvalue weighted by atomic mass is 10.1. The predicted molar refractivity (Wildman–Crippen MR) is 66.0 cm³/mol. The van der Waals surface area contributed by atoms with Crippen LogP contribution in [0.4, 0.5) is 4.39 Å². The van der Waals surface area contributed by atoms with Crippen molar-refractivity contribution in [3.05, 3.63) is 41.7 Å². The van der Waals surface area contributed by atoms with E-state index in [1.807, 2.05) is 0 Å². The molecule has 0 saturated heterocycles. The van der Waals surface area contributed by atoms with E-state index in [1.54, 1.807) is 18.2 Å². The number of carbonyl (C=O) groups excluding carboxylic acids is 1. The molecule has 4 nitrogen and oxygen atoms in total. The van der Waals surface area contributed by atoms with Gasteiger partial charge in [0.05, 0.1) is 0 Å². The first-order valence-corrected chi connectivity index (χ1v) is 5.37. The predicted octanol–water partition coefficient (Wildman–Crippen LogP) is 1.92. The number of ether oxygens (including phenoxy) is 2. The van der Waals surface area contributed by atoms with E-state index in [9.17, 15) is 9.18 Å². The van der Waals surface area contributed by atoms with Crippen molar-refractivity contribution in [3.63, 3.8) is 0 Å². The molecule has 0 bridgehead atoms. The van der Waals surface area contributed by atoms with Gasteiger partial charge in [0.2, 0.25) is 5.91 Å². The Morgan fingerprint density at radius 2 is 2.06 bits per heavy atom. The number of amides is 1. The molecule has 1 aromatic carbocycles. The van der Waals surface area contributed by atoms with Crippen molar-refractivity contribution >= 4 is 11.6 Å². The first-order valence-electron chi connectivity index (χ1n) is 5.37. The van der Waals surface area contributed by atoms with Crippen LogP contribution in [0.5, 0.6) is 0 Å². The van der Waals surface area contributed by atoms with Gasteiger partial charge in [0, 0.05) is 32.4 Å². The maximum Gasteiger partial charge on any atom is 0.221 e. The number of rotatable bonds is 5. The molecule has 0 aliphatic carbocycles. The number of hydrogen-bond acceptors (Lipinski definition) is 3. The third-order valence-electron chi connectivity index (χ3n) is 2.21. The van der Waals surface area contributed by atoms with Crippen LogP contribution in [0.1, 0.15) is 12.5 Å². The molecule has 1 rings (SSSR count). The summed E-state index contributed by atoms with van der Waals surface area (Å²) in [6, 6.07) is 5.91. The largest absolute Gasteiger partial charge is 0.352 e. The third-order valence-corrected chi connectivity index (χ3v) is 2.21. The molecular formula is C13H16FNO3. The maximum absolute atomic E-state index is 13.2. The second kappa shape index (κ2) is 6.88. The molecule has 1 aromatic rings. The van der Waals surface area contributed by atoms with E-state index >= 15 is 0 Å². The molecule has 0 saturated carbocycles.